The van der Waals surface area contributed by atoms with Crippen molar-refractivity contribution in [2.75, 3.05) is 26.2 Å². The van der Waals surface area contributed by atoms with Crippen LogP contribution in [-0.4, -0.2) is 40.9 Å². The molecule has 0 radical (unpaired) electrons. The standard InChI is InChI=1S/C15H26N4/c1-18-11-13(9-17-18)12-19-7-4-14(5-8-19)15-3-2-6-16-10-15/h9,11,14-16H,2-8,10,12H2,1H3. The van der Waals surface area contributed by atoms with Gasteiger partial charge in [0.05, 0.1) is 6.20 Å². The Kier molecular flexibility index (Phi) is 4.18. The molecule has 2 aliphatic heterocycles. The Morgan fingerprint density at radius 2 is 2.11 bits per heavy atom. The third kappa shape index (κ3) is 3.37. The molecule has 0 spiro atoms. The molecule has 19 heavy (non-hydrogen) atoms. The van der Waals surface area contributed by atoms with Crippen LogP contribution < -0.4 is 5.32 Å². The Balaban J connectivity index is 1.46. The van der Waals surface area contributed by atoms with Crippen molar-refractivity contribution in [3.8, 4) is 0 Å². The van der Waals surface area contributed by atoms with Crippen LogP contribution in [0.25, 0.3) is 0 Å². The maximum Gasteiger partial charge on any atom is 0.0534 e. The molecule has 0 amide bonds. The van der Waals surface area contributed by atoms with Crippen LogP contribution in [0.3, 0.4) is 0 Å². The summed E-state index contributed by atoms with van der Waals surface area (Å²) in [5, 5.41) is 7.81. The van der Waals surface area contributed by atoms with Crippen LogP contribution in [0.2, 0.25) is 0 Å². The topological polar surface area (TPSA) is 33.1 Å². The molecule has 1 N–H and O–H groups in total. The highest BCUT2D eigenvalue weighted by molar-refractivity contribution is 5.03. The SMILES string of the molecule is Cn1cc(CN2CCC(C3CCCNC3)CC2)cn1. The molecule has 0 saturated carbocycles. The monoisotopic (exact) mass is 262 g/mol. The fraction of sp³-hybridized carbons (Fsp3) is 0.800. The third-order valence-electron chi connectivity index (χ3n) is 4.80. The molecule has 1 aromatic rings. The van der Waals surface area contributed by atoms with Gasteiger partial charge in [0.2, 0.25) is 0 Å². The average Bonchev–Trinajstić information content (AvgIpc) is 2.86. The van der Waals surface area contributed by atoms with Crippen LogP contribution >= 0.6 is 0 Å². The van der Waals surface area contributed by atoms with Crippen LogP contribution in [0.15, 0.2) is 12.4 Å². The second-order valence-corrected chi connectivity index (χ2v) is 6.24. The Bertz CT molecular complexity index is 387. The van der Waals surface area contributed by atoms with E-state index >= 15 is 0 Å². The highest BCUT2D eigenvalue weighted by Gasteiger charge is 2.27. The molecule has 2 saturated heterocycles. The molecule has 1 aromatic heterocycles. The molecule has 3 heterocycles. The van der Waals surface area contributed by atoms with E-state index in [1.807, 2.05) is 17.9 Å². The maximum atomic E-state index is 4.25. The number of aryl methyl sites for hydroxylation is 1. The van der Waals surface area contributed by atoms with Gasteiger partial charge in [-0.3, -0.25) is 9.58 Å². The van der Waals surface area contributed by atoms with Crippen molar-refractivity contribution in [1.82, 2.24) is 20.0 Å². The summed E-state index contributed by atoms with van der Waals surface area (Å²) in [5.74, 6) is 1.90. The molecule has 2 fully saturated rings. The van der Waals surface area contributed by atoms with E-state index in [2.05, 4.69) is 21.5 Å². The minimum Gasteiger partial charge on any atom is -0.316 e. The second-order valence-electron chi connectivity index (χ2n) is 6.24. The van der Waals surface area contributed by atoms with Crippen molar-refractivity contribution < 1.29 is 0 Å². The van der Waals surface area contributed by atoms with Gasteiger partial charge in [-0.1, -0.05) is 0 Å². The number of nitrogens with zero attached hydrogens (tertiary/aromatic N) is 3. The normalized spacial score (nSPS) is 26.7. The highest BCUT2D eigenvalue weighted by atomic mass is 15.2. The zero-order valence-corrected chi connectivity index (χ0v) is 12.0. The Morgan fingerprint density at radius 1 is 1.26 bits per heavy atom. The lowest BCUT2D eigenvalue weighted by atomic mass is 9.80. The Labute approximate surface area is 116 Å². The van der Waals surface area contributed by atoms with Crippen LogP contribution in [-0.2, 0) is 13.6 Å². The fourth-order valence-electron chi connectivity index (χ4n) is 3.68. The van der Waals surface area contributed by atoms with Crippen molar-refractivity contribution in [2.45, 2.75) is 32.2 Å². The Hall–Kier alpha value is -0.870. The second kappa shape index (κ2) is 6.06. The number of piperidine rings is 2. The first-order valence-corrected chi connectivity index (χ1v) is 7.72. The van der Waals surface area contributed by atoms with Crippen LogP contribution in [0, 0.1) is 11.8 Å². The van der Waals surface area contributed by atoms with E-state index in [-0.39, 0.29) is 0 Å². The van der Waals surface area contributed by atoms with Gasteiger partial charge in [0.25, 0.3) is 0 Å². The van der Waals surface area contributed by atoms with Crippen LogP contribution in [0.1, 0.15) is 31.2 Å². The summed E-state index contributed by atoms with van der Waals surface area (Å²) in [7, 11) is 1.99. The van der Waals surface area contributed by atoms with Gasteiger partial charge in [0.1, 0.15) is 0 Å². The largest absolute Gasteiger partial charge is 0.316 e. The quantitative estimate of drug-likeness (QED) is 0.899. The molecule has 3 rings (SSSR count). The predicted molar refractivity (Wildman–Crippen MR) is 76.8 cm³/mol. The summed E-state index contributed by atoms with van der Waals surface area (Å²) in [6.07, 6.45) is 9.72. The molecule has 0 aromatic carbocycles. The van der Waals surface area contributed by atoms with E-state index in [9.17, 15) is 0 Å². The minimum atomic E-state index is 0.939. The van der Waals surface area contributed by atoms with Gasteiger partial charge in [-0.2, -0.15) is 5.10 Å². The molecule has 0 bridgehead atoms. The van der Waals surface area contributed by atoms with Gasteiger partial charge in [0.15, 0.2) is 0 Å². The first-order valence-electron chi connectivity index (χ1n) is 7.72. The van der Waals surface area contributed by atoms with Gasteiger partial charge in [-0.25, -0.2) is 0 Å². The molecule has 0 aliphatic carbocycles. The molecule has 1 atom stereocenters. The lowest BCUT2D eigenvalue weighted by molar-refractivity contribution is 0.128. The van der Waals surface area contributed by atoms with Crippen LogP contribution in [0.5, 0.6) is 0 Å². The number of nitrogens with one attached hydrogen (secondary N) is 1. The number of hydrogen-bond acceptors (Lipinski definition) is 3. The zero-order valence-electron chi connectivity index (χ0n) is 12.0. The fourth-order valence-corrected chi connectivity index (χ4v) is 3.68. The molecule has 106 valence electrons. The summed E-state index contributed by atoms with van der Waals surface area (Å²) in [6, 6.07) is 0. The first-order chi connectivity index (χ1) is 9.31. The molecule has 1 unspecified atom stereocenters. The smallest absolute Gasteiger partial charge is 0.0534 e. The van der Waals surface area contributed by atoms with Crippen molar-refractivity contribution >= 4 is 0 Å². The predicted octanol–water partition coefficient (Wildman–Crippen LogP) is 1.63. The third-order valence-corrected chi connectivity index (χ3v) is 4.80. The number of rotatable bonds is 3. The van der Waals surface area contributed by atoms with E-state index in [0.717, 1.165) is 18.4 Å². The van der Waals surface area contributed by atoms with Gasteiger partial charge >= 0.3 is 0 Å². The van der Waals surface area contributed by atoms with Crippen LogP contribution in [0.4, 0.5) is 0 Å². The maximum absolute atomic E-state index is 4.25. The average molecular weight is 262 g/mol. The summed E-state index contributed by atoms with van der Waals surface area (Å²) in [6.45, 7) is 6.08. The molecular weight excluding hydrogens is 236 g/mol. The molecule has 4 nitrogen and oxygen atoms in total. The van der Waals surface area contributed by atoms with Crippen molar-refractivity contribution in [3.63, 3.8) is 0 Å². The molecular formula is C15H26N4. The summed E-state index contributed by atoms with van der Waals surface area (Å²) < 4.78 is 1.90. The van der Waals surface area contributed by atoms with Crippen molar-refractivity contribution in [2.24, 2.45) is 18.9 Å². The Morgan fingerprint density at radius 3 is 2.74 bits per heavy atom. The number of aromatic nitrogens is 2. The number of hydrogen-bond donors (Lipinski definition) is 1. The van der Waals surface area contributed by atoms with Gasteiger partial charge < -0.3 is 5.32 Å². The minimum absolute atomic E-state index is 0.939. The highest BCUT2D eigenvalue weighted by Crippen LogP contribution is 2.29. The lowest BCUT2D eigenvalue weighted by Gasteiger charge is -2.37. The van der Waals surface area contributed by atoms with E-state index in [0.29, 0.717) is 0 Å². The molecule has 2 aliphatic rings. The molecule has 4 heteroatoms. The lowest BCUT2D eigenvalue weighted by Crippen LogP contribution is -2.40. The zero-order chi connectivity index (χ0) is 13.1. The van der Waals surface area contributed by atoms with Crippen molar-refractivity contribution in [1.29, 1.82) is 0 Å². The summed E-state index contributed by atoms with van der Waals surface area (Å²) in [4.78, 5) is 2.59. The van der Waals surface area contributed by atoms with E-state index in [4.69, 9.17) is 0 Å². The van der Waals surface area contributed by atoms with E-state index < -0.39 is 0 Å². The van der Waals surface area contributed by atoms with E-state index in [1.165, 1.54) is 57.4 Å². The van der Waals surface area contributed by atoms with Gasteiger partial charge in [0, 0.05) is 25.4 Å². The summed E-state index contributed by atoms with van der Waals surface area (Å²) in [5.41, 5.74) is 1.35. The summed E-state index contributed by atoms with van der Waals surface area (Å²) >= 11 is 0. The number of likely N-dealkylation sites (tertiary alicyclic amines) is 1. The van der Waals surface area contributed by atoms with Crippen molar-refractivity contribution in [3.05, 3.63) is 18.0 Å². The van der Waals surface area contributed by atoms with E-state index in [1.54, 1.807) is 0 Å². The van der Waals surface area contributed by atoms with Gasteiger partial charge in [-0.15, -0.1) is 0 Å². The van der Waals surface area contributed by atoms with Gasteiger partial charge in [-0.05, 0) is 63.7 Å². The first kappa shape index (κ1) is 13.1.